The molecular formula is C17H22FN3O2. The van der Waals surface area contributed by atoms with E-state index in [1.54, 1.807) is 21.9 Å². The molecule has 6 heteroatoms. The Morgan fingerprint density at radius 2 is 1.57 bits per heavy atom. The summed E-state index contributed by atoms with van der Waals surface area (Å²) in [6.07, 6.45) is 2.05. The van der Waals surface area contributed by atoms with Crippen molar-refractivity contribution in [2.24, 2.45) is 0 Å². The second kappa shape index (κ2) is 6.56. The maximum Gasteiger partial charge on any atom is 0.321 e. The zero-order chi connectivity index (χ0) is 16.3. The molecule has 2 aliphatic rings. The normalized spacial score (nSPS) is 20.4. The lowest BCUT2D eigenvalue weighted by Crippen LogP contribution is -2.53. The predicted octanol–water partition coefficient (Wildman–Crippen LogP) is 2.65. The molecule has 2 heterocycles. The lowest BCUT2D eigenvalue weighted by atomic mass is 9.92. The maximum absolute atomic E-state index is 14.9. The van der Waals surface area contributed by atoms with E-state index in [2.05, 4.69) is 5.32 Å². The molecule has 3 rings (SSSR count). The van der Waals surface area contributed by atoms with Crippen molar-refractivity contribution >= 4 is 17.6 Å². The summed E-state index contributed by atoms with van der Waals surface area (Å²) < 4.78 is 14.9. The van der Waals surface area contributed by atoms with Crippen LogP contribution in [0.4, 0.5) is 14.9 Å². The first-order valence-corrected chi connectivity index (χ1v) is 8.18. The zero-order valence-corrected chi connectivity index (χ0v) is 13.1. The number of urea groups is 1. The first-order chi connectivity index (χ1) is 11.1. The van der Waals surface area contributed by atoms with Crippen LogP contribution in [0.3, 0.4) is 0 Å². The molecule has 2 aliphatic heterocycles. The van der Waals surface area contributed by atoms with Crippen LogP contribution in [0.15, 0.2) is 30.3 Å². The molecule has 1 aromatic carbocycles. The van der Waals surface area contributed by atoms with Crippen LogP contribution in [0.1, 0.15) is 25.7 Å². The van der Waals surface area contributed by atoms with Crippen LogP contribution in [0, 0.1) is 0 Å². The predicted molar refractivity (Wildman–Crippen MR) is 85.9 cm³/mol. The molecule has 124 valence electrons. The number of alkyl halides is 1. The van der Waals surface area contributed by atoms with Gasteiger partial charge in [0, 0.05) is 44.7 Å². The number of carbonyl (C=O) groups excluding carboxylic acids is 2. The molecule has 5 nitrogen and oxygen atoms in total. The summed E-state index contributed by atoms with van der Waals surface area (Å²) in [4.78, 5) is 27.7. The molecule has 0 aromatic heterocycles. The molecule has 0 saturated carbocycles. The van der Waals surface area contributed by atoms with Crippen LogP contribution in [0.2, 0.25) is 0 Å². The van der Waals surface area contributed by atoms with Gasteiger partial charge in [-0.1, -0.05) is 18.2 Å². The van der Waals surface area contributed by atoms with E-state index in [4.69, 9.17) is 0 Å². The number of para-hydroxylation sites is 1. The number of hydrogen-bond acceptors (Lipinski definition) is 2. The Morgan fingerprint density at radius 3 is 2.17 bits per heavy atom. The third-order valence-corrected chi connectivity index (χ3v) is 4.64. The fourth-order valence-electron chi connectivity index (χ4n) is 3.21. The number of amides is 3. The molecule has 0 aliphatic carbocycles. The number of anilines is 1. The number of rotatable bonds is 2. The first-order valence-electron chi connectivity index (χ1n) is 8.18. The molecule has 1 N–H and O–H groups in total. The van der Waals surface area contributed by atoms with E-state index < -0.39 is 11.6 Å². The highest BCUT2D eigenvalue weighted by atomic mass is 19.1. The van der Waals surface area contributed by atoms with Gasteiger partial charge in [-0.3, -0.25) is 4.79 Å². The Morgan fingerprint density at radius 1 is 0.957 bits per heavy atom. The van der Waals surface area contributed by atoms with Crippen molar-refractivity contribution in [1.82, 2.24) is 9.80 Å². The van der Waals surface area contributed by atoms with Crippen LogP contribution in [0.25, 0.3) is 0 Å². The number of hydrogen-bond donors (Lipinski definition) is 1. The number of likely N-dealkylation sites (tertiary alicyclic amines) is 2. The van der Waals surface area contributed by atoms with Gasteiger partial charge in [0.05, 0.1) is 0 Å². The number of nitrogens with zero attached hydrogens (tertiary/aromatic N) is 2. The lowest BCUT2D eigenvalue weighted by Gasteiger charge is -2.37. The topological polar surface area (TPSA) is 52.7 Å². The summed E-state index contributed by atoms with van der Waals surface area (Å²) in [6.45, 7) is 1.83. The molecule has 0 unspecified atom stereocenters. The van der Waals surface area contributed by atoms with E-state index in [1.807, 2.05) is 18.2 Å². The Hall–Kier alpha value is -2.11. The molecule has 23 heavy (non-hydrogen) atoms. The van der Waals surface area contributed by atoms with Crippen molar-refractivity contribution in [2.45, 2.75) is 31.4 Å². The molecule has 0 bridgehead atoms. The van der Waals surface area contributed by atoms with E-state index in [0.717, 1.165) is 12.8 Å². The van der Waals surface area contributed by atoms with Gasteiger partial charge in [0.15, 0.2) is 5.67 Å². The zero-order valence-electron chi connectivity index (χ0n) is 13.1. The maximum atomic E-state index is 14.9. The average molecular weight is 319 g/mol. The Labute approximate surface area is 135 Å². The Balaban J connectivity index is 1.55. The van der Waals surface area contributed by atoms with E-state index in [1.165, 1.54) is 0 Å². The third-order valence-electron chi connectivity index (χ3n) is 4.64. The van der Waals surface area contributed by atoms with Crippen molar-refractivity contribution in [3.05, 3.63) is 30.3 Å². The summed E-state index contributed by atoms with van der Waals surface area (Å²) in [5.74, 6) is -0.391. The van der Waals surface area contributed by atoms with Crippen LogP contribution in [-0.2, 0) is 4.79 Å². The summed E-state index contributed by atoms with van der Waals surface area (Å²) >= 11 is 0. The van der Waals surface area contributed by atoms with Gasteiger partial charge >= 0.3 is 6.03 Å². The fourth-order valence-corrected chi connectivity index (χ4v) is 3.21. The highest BCUT2D eigenvalue weighted by Crippen LogP contribution is 2.30. The highest BCUT2D eigenvalue weighted by molar-refractivity contribution is 5.90. The van der Waals surface area contributed by atoms with Crippen molar-refractivity contribution in [1.29, 1.82) is 0 Å². The first kappa shape index (κ1) is 15.8. The summed E-state index contributed by atoms with van der Waals surface area (Å²) in [5, 5.41) is 2.79. The van der Waals surface area contributed by atoms with Gasteiger partial charge in [0.25, 0.3) is 5.91 Å². The minimum Gasteiger partial charge on any atom is -0.340 e. The number of carbonyl (C=O) groups is 2. The molecule has 1 aromatic rings. The van der Waals surface area contributed by atoms with Gasteiger partial charge in [-0.25, -0.2) is 9.18 Å². The SMILES string of the molecule is O=C(Nc1ccccc1)N1CCC(F)(C(=O)N2CCCC2)CC1. The van der Waals surface area contributed by atoms with Gasteiger partial charge in [0.1, 0.15) is 0 Å². The number of benzene rings is 1. The van der Waals surface area contributed by atoms with Crippen molar-refractivity contribution in [2.75, 3.05) is 31.5 Å². The second-order valence-electron chi connectivity index (χ2n) is 6.25. The lowest BCUT2D eigenvalue weighted by molar-refractivity contribution is -0.145. The van der Waals surface area contributed by atoms with Crippen LogP contribution < -0.4 is 5.32 Å². The molecule has 2 fully saturated rings. The molecule has 0 radical (unpaired) electrons. The Kier molecular flexibility index (Phi) is 4.50. The fraction of sp³-hybridized carbons (Fsp3) is 0.529. The van der Waals surface area contributed by atoms with E-state index in [9.17, 15) is 14.0 Å². The Bertz CT molecular complexity index is 564. The van der Waals surface area contributed by atoms with Crippen molar-refractivity contribution < 1.29 is 14.0 Å². The highest BCUT2D eigenvalue weighted by Gasteiger charge is 2.45. The summed E-state index contributed by atoms with van der Waals surface area (Å²) in [5.41, 5.74) is -1.10. The molecular weight excluding hydrogens is 297 g/mol. The van der Waals surface area contributed by atoms with Gasteiger partial charge < -0.3 is 15.1 Å². The van der Waals surface area contributed by atoms with Crippen molar-refractivity contribution in [3.63, 3.8) is 0 Å². The average Bonchev–Trinajstić information content (AvgIpc) is 3.10. The molecule has 0 atom stereocenters. The smallest absolute Gasteiger partial charge is 0.321 e. The number of halogens is 1. The monoisotopic (exact) mass is 319 g/mol. The molecule has 0 spiro atoms. The van der Waals surface area contributed by atoms with Crippen molar-refractivity contribution in [3.8, 4) is 0 Å². The number of nitrogens with one attached hydrogen (secondary N) is 1. The third kappa shape index (κ3) is 3.46. The minimum absolute atomic E-state index is 0.0740. The van der Waals surface area contributed by atoms with Gasteiger partial charge in [-0.05, 0) is 25.0 Å². The van der Waals surface area contributed by atoms with Crippen LogP contribution >= 0.6 is 0 Å². The van der Waals surface area contributed by atoms with Crippen LogP contribution in [-0.4, -0.2) is 53.6 Å². The minimum atomic E-state index is -1.81. The standard InChI is InChI=1S/C17H22FN3O2/c18-17(15(22)20-10-4-5-11-20)8-12-21(13-9-17)16(23)19-14-6-2-1-3-7-14/h1-3,6-7H,4-5,8-13H2,(H,19,23). The van der Waals surface area contributed by atoms with E-state index in [0.29, 0.717) is 18.8 Å². The van der Waals surface area contributed by atoms with E-state index in [-0.39, 0.29) is 32.0 Å². The van der Waals surface area contributed by atoms with Gasteiger partial charge in [0.2, 0.25) is 0 Å². The quantitative estimate of drug-likeness (QED) is 0.911. The number of piperidine rings is 1. The largest absolute Gasteiger partial charge is 0.340 e. The summed E-state index contributed by atoms with van der Waals surface area (Å²) in [7, 11) is 0. The van der Waals surface area contributed by atoms with E-state index >= 15 is 0 Å². The van der Waals surface area contributed by atoms with Crippen LogP contribution in [0.5, 0.6) is 0 Å². The van der Waals surface area contributed by atoms with Gasteiger partial charge in [-0.15, -0.1) is 0 Å². The molecule has 2 saturated heterocycles. The summed E-state index contributed by atoms with van der Waals surface area (Å²) in [6, 6.07) is 8.92. The second-order valence-corrected chi connectivity index (χ2v) is 6.25. The van der Waals surface area contributed by atoms with Gasteiger partial charge in [-0.2, -0.15) is 0 Å². The molecule has 3 amide bonds.